The van der Waals surface area contributed by atoms with Gasteiger partial charge in [0.15, 0.2) is 0 Å². The van der Waals surface area contributed by atoms with Gasteiger partial charge in [0.2, 0.25) is 0 Å². The minimum atomic E-state index is -0.0778. The summed E-state index contributed by atoms with van der Waals surface area (Å²) >= 11 is 0. The number of halogens is 1. The van der Waals surface area contributed by atoms with Crippen molar-refractivity contribution >= 4 is 18.3 Å². The van der Waals surface area contributed by atoms with Crippen LogP contribution in [0, 0.1) is 6.92 Å². The molecule has 1 amide bonds. The molecule has 6 heteroatoms. The first-order chi connectivity index (χ1) is 7.15. The quantitative estimate of drug-likeness (QED) is 0.722. The lowest BCUT2D eigenvalue weighted by atomic mass is 10.2. The van der Waals surface area contributed by atoms with Crippen molar-refractivity contribution in [2.45, 2.75) is 26.8 Å². The van der Waals surface area contributed by atoms with E-state index in [1.807, 2.05) is 20.8 Å². The highest BCUT2D eigenvalue weighted by atomic mass is 35.5. The van der Waals surface area contributed by atoms with Crippen molar-refractivity contribution in [2.24, 2.45) is 0 Å². The number of nitrogens with zero attached hydrogens (tertiary/aromatic N) is 1. The molecule has 0 radical (unpaired) electrons. The Labute approximate surface area is 102 Å². The monoisotopic (exact) mass is 246 g/mol. The number of aryl methyl sites for hydroxylation is 1. The van der Waals surface area contributed by atoms with Crippen LogP contribution in [0.5, 0.6) is 0 Å². The Kier molecular flexibility index (Phi) is 6.76. The summed E-state index contributed by atoms with van der Waals surface area (Å²) in [6, 6.07) is 0.283. The van der Waals surface area contributed by atoms with Crippen molar-refractivity contribution in [3.8, 4) is 0 Å². The summed E-state index contributed by atoms with van der Waals surface area (Å²) in [6.45, 7) is 7.43. The van der Waals surface area contributed by atoms with Crippen LogP contribution in [0.15, 0.2) is 6.20 Å². The van der Waals surface area contributed by atoms with Crippen molar-refractivity contribution in [2.75, 3.05) is 13.1 Å². The zero-order valence-corrected chi connectivity index (χ0v) is 10.6. The van der Waals surface area contributed by atoms with Gasteiger partial charge >= 0.3 is 0 Å². The fourth-order valence-electron chi connectivity index (χ4n) is 1.34. The maximum Gasteiger partial charge on any atom is 0.254 e. The summed E-state index contributed by atoms with van der Waals surface area (Å²) in [5.41, 5.74) is 1.40. The van der Waals surface area contributed by atoms with Crippen LogP contribution >= 0.6 is 12.4 Å². The van der Waals surface area contributed by atoms with Crippen LogP contribution in [0.25, 0.3) is 0 Å². The first kappa shape index (κ1) is 14.9. The van der Waals surface area contributed by atoms with E-state index in [4.69, 9.17) is 0 Å². The zero-order valence-electron chi connectivity index (χ0n) is 9.83. The Balaban J connectivity index is 0.00000225. The molecule has 0 bridgehead atoms. The second kappa shape index (κ2) is 7.24. The van der Waals surface area contributed by atoms with Gasteiger partial charge in [0.25, 0.3) is 5.91 Å². The summed E-state index contributed by atoms with van der Waals surface area (Å²) in [4.78, 5) is 11.6. The molecule has 3 N–H and O–H groups in total. The Morgan fingerprint density at radius 2 is 2.31 bits per heavy atom. The first-order valence-corrected chi connectivity index (χ1v) is 5.16. The van der Waals surface area contributed by atoms with E-state index in [1.54, 1.807) is 6.20 Å². The van der Waals surface area contributed by atoms with E-state index in [2.05, 4.69) is 20.8 Å². The predicted octanol–water partition coefficient (Wildman–Crippen LogP) is 0.868. The highest BCUT2D eigenvalue weighted by Gasteiger charge is 2.10. The highest BCUT2D eigenvalue weighted by molar-refractivity contribution is 5.94. The second-order valence-electron chi connectivity index (χ2n) is 3.58. The van der Waals surface area contributed by atoms with Crippen LogP contribution in [0.3, 0.4) is 0 Å². The van der Waals surface area contributed by atoms with E-state index >= 15 is 0 Å². The minimum Gasteiger partial charge on any atom is -0.350 e. The van der Waals surface area contributed by atoms with Gasteiger partial charge in [-0.05, 0) is 20.4 Å². The molecule has 0 aromatic carbocycles. The minimum absolute atomic E-state index is 0. The number of carbonyl (C=O) groups is 1. The standard InChI is InChI=1S/C10H18N4O.ClH/c1-4-11-7(2)5-12-10(15)9-6-13-14-8(9)3;/h6-7,11H,4-5H2,1-3H3,(H,12,15)(H,13,14);1H/t7-;/m1./s1. The predicted molar refractivity (Wildman–Crippen MR) is 66.0 cm³/mol. The number of amides is 1. The molecule has 0 unspecified atom stereocenters. The third-order valence-corrected chi connectivity index (χ3v) is 2.20. The Morgan fingerprint density at radius 3 is 2.81 bits per heavy atom. The number of carbonyl (C=O) groups excluding carboxylic acids is 1. The molecule has 0 aliphatic heterocycles. The molecule has 5 nitrogen and oxygen atoms in total. The number of nitrogens with one attached hydrogen (secondary N) is 3. The van der Waals surface area contributed by atoms with Gasteiger partial charge in [-0.25, -0.2) is 0 Å². The Morgan fingerprint density at radius 1 is 1.62 bits per heavy atom. The van der Waals surface area contributed by atoms with Gasteiger partial charge in [-0.3, -0.25) is 9.89 Å². The molecule has 0 saturated heterocycles. The molecule has 1 heterocycles. The smallest absolute Gasteiger partial charge is 0.254 e. The molecule has 1 rings (SSSR count). The topological polar surface area (TPSA) is 69.8 Å². The molecule has 0 aliphatic carbocycles. The van der Waals surface area contributed by atoms with Crippen molar-refractivity contribution in [1.29, 1.82) is 0 Å². The summed E-state index contributed by atoms with van der Waals surface area (Å²) in [5.74, 6) is -0.0778. The lowest BCUT2D eigenvalue weighted by Crippen LogP contribution is -2.38. The number of aromatic amines is 1. The van der Waals surface area contributed by atoms with E-state index in [0.717, 1.165) is 12.2 Å². The maximum atomic E-state index is 11.6. The van der Waals surface area contributed by atoms with Crippen LogP contribution in [0.1, 0.15) is 29.9 Å². The fourth-order valence-corrected chi connectivity index (χ4v) is 1.34. The van der Waals surface area contributed by atoms with Crippen LogP contribution < -0.4 is 10.6 Å². The maximum absolute atomic E-state index is 11.6. The molecule has 0 spiro atoms. The van der Waals surface area contributed by atoms with Crippen molar-refractivity contribution in [3.05, 3.63) is 17.5 Å². The van der Waals surface area contributed by atoms with Gasteiger partial charge in [0, 0.05) is 18.3 Å². The van der Waals surface area contributed by atoms with Gasteiger partial charge in [0.1, 0.15) is 0 Å². The highest BCUT2D eigenvalue weighted by Crippen LogP contribution is 2.01. The largest absolute Gasteiger partial charge is 0.350 e. The van der Waals surface area contributed by atoms with Gasteiger partial charge in [-0.15, -0.1) is 12.4 Å². The number of hydrogen-bond donors (Lipinski definition) is 3. The lowest BCUT2D eigenvalue weighted by molar-refractivity contribution is 0.0949. The normalized spacial score (nSPS) is 11.7. The lowest BCUT2D eigenvalue weighted by Gasteiger charge is -2.12. The molecule has 0 aliphatic rings. The molecule has 1 aromatic heterocycles. The average Bonchev–Trinajstić information content (AvgIpc) is 2.61. The van der Waals surface area contributed by atoms with E-state index in [1.165, 1.54) is 0 Å². The zero-order chi connectivity index (χ0) is 11.3. The Hall–Kier alpha value is -1.07. The summed E-state index contributed by atoms with van der Waals surface area (Å²) in [5, 5.41) is 12.6. The third kappa shape index (κ3) is 4.20. The van der Waals surface area contributed by atoms with Crippen LogP contribution in [0.4, 0.5) is 0 Å². The van der Waals surface area contributed by atoms with Crippen LogP contribution in [0.2, 0.25) is 0 Å². The number of hydrogen-bond acceptors (Lipinski definition) is 3. The molecule has 16 heavy (non-hydrogen) atoms. The van der Waals surface area contributed by atoms with Gasteiger partial charge in [-0.2, -0.15) is 5.10 Å². The first-order valence-electron chi connectivity index (χ1n) is 5.16. The van der Waals surface area contributed by atoms with E-state index in [0.29, 0.717) is 12.1 Å². The van der Waals surface area contributed by atoms with E-state index < -0.39 is 0 Å². The summed E-state index contributed by atoms with van der Waals surface area (Å²) in [7, 11) is 0. The third-order valence-electron chi connectivity index (χ3n) is 2.20. The molecular formula is C10H19ClN4O. The van der Waals surface area contributed by atoms with E-state index in [9.17, 15) is 4.79 Å². The van der Waals surface area contributed by atoms with Gasteiger partial charge in [0.05, 0.1) is 11.8 Å². The summed E-state index contributed by atoms with van der Waals surface area (Å²) in [6.07, 6.45) is 1.54. The molecule has 1 aromatic rings. The summed E-state index contributed by atoms with van der Waals surface area (Å²) < 4.78 is 0. The van der Waals surface area contributed by atoms with Crippen molar-refractivity contribution in [1.82, 2.24) is 20.8 Å². The average molecular weight is 247 g/mol. The molecule has 92 valence electrons. The Bertz CT molecular complexity index is 326. The SMILES string of the molecule is CCN[C@H](C)CNC(=O)c1cn[nH]c1C.Cl. The second-order valence-corrected chi connectivity index (χ2v) is 3.58. The molecule has 1 atom stereocenters. The van der Waals surface area contributed by atoms with Gasteiger partial charge < -0.3 is 10.6 Å². The van der Waals surface area contributed by atoms with Crippen LogP contribution in [-0.4, -0.2) is 35.2 Å². The van der Waals surface area contributed by atoms with Crippen molar-refractivity contribution < 1.29 is 4.79 Å². The number of rotatable bonds is 5. The molecule has 0 fully saturated rings. The molecular weight excluding hydrogens is 228 g/mol. The fraction of sp³-hybridized carbons (Fsp3) is 0.600. The number of H-pyrrole nitrogens is 1. The van der Waals surface area contributed by atoms with Gasteiger partial charge in [-0.1, -0.05) is 6.92 Å². The van der Waals surface area contributed by atoms with E-state index in [-0.39, 0.29) is 24.4 Å². The van der Waals surface area contributed by atoms with Crippen molar-refractivity contribution in [3.63, 3.8) is 0 Å². The molecule has 0 saturated carbocycles. The number of likely N-dealkylation sites (N-methyl/N-ethyl adjacent to an activating group) is 1. The number of aromatic nitrogens is 2. The van der Waals surface area contributed by atoms with Crippen LogP contribution in [-0.2, 0) is 0 Å².